The van der Waals surface area contributed by atoms with Crippen LogP contribution < -0.4 is 9.47 Å². The maximum Gasteiger partial charge on any atom is 0.293 e. The van der Waals surface area contributed by atoms with Gasteiger partial charge in [0, 0.05) is 10.6 Å². The number of carbonyl (C=O) groups excluding carboxylic acids is 2. The lowest BCUT2D eigenvalue weighted by molar-refractivity contribution is -0.123. The summed E-state index contributed by atoms with van der Waals surface area (Å²) in [6.45, 7) is 2.53. The van der Waals surface area contributed by atoms with Gasteiger partial charge in [0.2, 0.25) is 0 Å². The fourth-order valence-electron chi connectivity index (χ4n) is 3.44. The molecule has 1 saturated heterocycles. The Labute approximate surface area is 202 Å². The summed E-state index contributed by atoms with van der Waals surface area (Å²) < 4.78 is 11.4. The fourth-order valence-corrected chi connectivity index (χ4v) is 4.47. The van der Waals surface area contributed by atoms with Crippen LogP contribution in [-0.2, 0) is 17.9 Å². The fraction of sp³-hybridized carbons (Fsp3) is 0.154. The van der Waals surface area contributed by atoms with E-state index in [1.54, 1.807) is 25.3 Å². The van der Waals surface area contributed by atoms with Gasteiger partial charge in [-0.3, -0.25) is 14.5 Å². The summed E-state index contributed by atoms with van der Waals surface area (Å²) >= 11 is 7.13. The molecule has 3 aromatic carbocycles. The van der Waals surface area contributed by atoms with Crippen LogP contribution in [0.4, 0.5) is 4.79 Å². The van der Waals surface area contributed by atoms with Crippen molar-refractivity contribution in [3.63, 3.8) is 0 Å². The lowest BCUT2D eigenvalue weighted by atomic mass is 10.1. The highest BCUT2D eigenvalue weighted by Gasteiger charge is 2.35. The van der Waals surface area contributed by atoms with Gasteiger partial charge in [-0.15, -0.1) is 0 Å². The van der Waals surface area contributed by atoms with Crippen LogP contribution in [0.25, 0.3) is 6.08 Å². The van der Waals surface area contributed by atoms with Gasteiger partial charge in [-0.25, -0.2) is 0 Å². The first-order valence-corrected chi connectivity index (χ1v) is 11.5. The van der Waals surface area contributed by atoms with Gasteiger partial charge >= 0.3 is 0 Å². The number of amides is 2. The third kappa shape index (κ3) is 5.41. The van der Waals surface area contributed by atoms with E-state index >= 15 is 0 Å². The van der Waals surface area contributed by atoms with Crippen LogP contribution in [0.5, 0.6) is 11.5 Å². The van der Waals surface area contributed by atoms with Gasteiger partial charge in [-0.1, -0.05) is 65.7 Å². The molecule has 0 atom stereocenters. The van der Waals surface area contributed by atoms with Crippen LogP contribution in [-0.4, -0.2) is 23.2 Å². The number of thioether (sulfide) groups is 1. The molecule has 0 bridgehead atoms. The van der Waals surface area contributed by atoms with Crippen molar-refractivity contribution in [2.45, 2.75) is 20.1 Å². The molecule has 1 aliphatic heterocycles. The Morgan fingerprint density at radius 2 is 1.82 bits per heavy atom. The largest absolute Gasteiger partial charge is 0.493 e. The lowest BCUT2D eigenvalue weighted by Crippen LogP contribution is -2.27. The second-order valence-electron chi connectivity index (χ2n) is 7.55. The normalized spacial score (nSPS) is 14.8. The number of benzene rings is 3. The van der Waals surface area contributed by atoms with E-state index in [1.807, 2.05) is 61.5 Å². The molecule has 0 N–H and O–H groups in total. The number of halogens is 1. The quantitative estimate of drug-likeness (QED) is 0.363. The zero-order valence-corrected chi connectivity index (χ0v) is 19.8. The van der Waals surface area contributed by atoms with Crippen LogP contribution in [0.15, 0.2) is 71.6 Å². The van der Waals surface area contributed by atoms with Gasteiger partial charge in [0.15, 0.2) is 11.5 Å². The molecular formula is C26H22ClNO4S. The summed E-state index contributed by atoms with van der Waals surface area (Å²) in [6, 6.07) is 20.6. The first kappa shape index (κ1) is 23.0. The van der Waals surface area contributed by atoms with Gasteiger partial charge in [0.25, 0.3) is 11.1 Å². The number of hydrogen-bond acceptors (Lipinski definition) is 5. The molecule has 168 valence electrons. The molecule has 4 rings (SSSR count). The van der Waals surface area contributed by atoms with E-state index in [4.69, 9.17) is 21.1 Å². The summed E-state index contributed by atoms with van der Waals surface area (Å²) in [7, 11) is 1.55. The number of methoxy groups -OCH3 is 1. The molecule has 0 aromatic heterocycles. The number of imide groups is 1. The molecule has 0 spiro atoms. The van der Waals surface area contributed by atoms with Crippen LogP contribution in [0.1, 0.15) is 22.3 Å². The Bertz CT molecular complexity index is 1240. The Morgan fingerprint density at radius 1 is 1.00 bits per heavy atom. The number of hydrogen-bond donors (Lipinski definition) is 0. The van der Waals surface area contributed by atoms with E-state index < -0.39 is 0 Å². The predicted molar refractivity (Wildman–Crippen MR) is 131 cm³/mol. The summed E-state index contributed by atoms with van der Waals surface area (Å²) in [4.78, 5) is 27.0. The topological polar surface area (TPSA) is 55.8 Å². The number of rotatable bonds is 7. The van der Waals surface area contributed by atoms with E-state index in [0.717, 1.165) is 34.0 Å². The molecule has 33 heavy (non-hydrogen) atoms. The minimum absolute atomic E-state index is 0.252. The zero-order valence-electron chi connectivity index (χ0n) is 18.2. The van der Waals surface area contributed by atoms with E-state index in [9.17, 15) is 9.59 Å². The highest BCUT2D eigenvalue weighted by atomic mass is 35.5. The molecule has 0 unspecified atom stereocenters. The molecule has 0 aliphatic carbocycles. The summed E-state index contributed by atoms with van der Waals surface area (Å²) in [5.41, 5.74) is 3.60. The second-order valence-corrected chi connectivity index (χ2v) is 8.95. The third-order valence-corrected chi connectivity index (χ3v) is 6.40. The van der Waals surface area contributed by atoms with Crippen LogP contribution in [0.2, 0.25) is 5.02 Å². The molecule has 0 saturated carbocycles. The molecule has 1 aliphatic rings. The van der Waals surface area contributed by atoms with Crippen LogP contribution >= 0.6 is 23.4 Å². The molecule has 1 heterocycles. The van der Waals surface area contributed by atoms with Crippen molar-refractivity contribution in [3.8, 4) is 11.5 Å². The van der Waals surface area contributed by atoms with Crippen molar-refractivity contribution in [2.24, 2.45) is 0 Å². The van der Waals surface area contributed by atoms with Crippen molar-refractivity contribution < 1.29 is 19.1 Å². The minimum atomic E-state index is -0.301. The average molecular weight is 480 g/mol. The first-order valence-electron chi connectivity index (χ1n) is 10.3. The summed E-state index contributed by atoms with van der Waals surface area (Å²) in [6.07, 6.45) is 1.70. The Kier molecular flexibility index (Phi) is 7.06. The van der Waals surface area contributed by atoms with Gasteiger partial charge in [-0.05, 0) is 54.1 Å². The van der Waals surface area contributed by atoms with Crippen molar-refractivity contribution in [2.75, 3.05) is 7.11 Å². The van der Waals surface area contributed by atoms with Crippen molar-refractivity contribution >= 4 is 40.6 Å². The molecule has 2 amide bonds. The van der Waals surface area contributed by atoms with Gasteiger partial charge < -0.3 is 9.47 Å². The Morgan fingerprint density at radius 3 is 2.58 bits per heavy atom. The average Bonchev–Trinajstić information content (AvgIpc) is 3.06. The second kappa shape index (κ2) is 10.1. The zero-order chi connectivity index (χ0) is 23.4. The standard InChI is InChI=1S/C26H22ClNO4S/c1-17-6-5-7-19(12-17)15-28-25(29)24(33-26(28)30)14-18-10-11-22(23(13-18)31-2)32-16-20-8-3-4-9-21(20)27/h3-14H,15-16H2,1-2H3/b24-14-. The van der Waals surface area contributed by atoms with Crippen LogP contribution in [0.3, 0.4) is 0 Å². The number of ether oxygens (including phenoxy) is 2. The SMILES string of the molecule is COc1cc(/C=C2\SC(=O)N(Cc3cccc(C)c3)C2=O)ccc1OCc1ccccc1Cl. The monoisotopic (exact) mass is 479 g/mol. The highest BCUT2D eigenvalue weighted by Crippen LogP contribution is 2.35. The maximum atomic E-state index is 12.9. The number of carbonyl (C=O) groups is 2. The van der Waals surface area contributed by atoms with E-state index in [0.29, 0.717) is 28.0 Å². The molecule has 3 aromatic rings. The van der Waals surface area contributed by atoms with E-state index in [2.05, 4.69) is 0 Å². The molecule has 1 fully saturated rings. The minimum Gasteiger partial charge on any atom is -0.493 e. The molecule has 7 heteroatoms. The van der Waals surface area contributed by atoms with E-state index in [-0.39, 0.29) is 17.7 Å². The third-order valence-electron chi connectivity index (χ3n) is 5.12. The Balaban J connectivity index is 1.49. The van der Waals surface area contributed by atoms with Gasteiger partial charge in [0.05, 0.1) is 18.6 Å². The van der Waals surface area contributed by atoms with Crippen molar-refractivity contribution in [1.29, 1.82) is 0 Å². The maximum absolute atomic E-state index is 12.9. The molecule has 0 radical (unpaired) electrons. The smallest absolute Gasteiger partial charge is 0.293 e. The van der Waals surface area contributed by atoms with Gasteiger partial charge in [-0.2, -0.15) is 0 Å². The summed E-state index contributed by atoms with van der Waals surface area (Å²) in [5.74, 6) is 0.779. The van der Waals surface area contributed by atoms with Crippen LogP contribution in [0, 0.1) is 6.92 Å². The number of aryl methyl sites for hydroxylation is 1. The predicted octanol–water partition coefficient (Wildman–Crippen LogP) is 6.47. The van der Waals surface area contributed by atoms with Crippen molar-refractivity contribution in [3.05, 3.63) is 98.9 Å². The first-order chi connectivity index (χ1) is 15.9. The van der Waals surface area contributed by atoms with Gasteiger partial charge in [0.1, 0.15) is 6.61 Å². The van der Waals surface area contributed by atoms with E-state index in [1.165, 1.54) is 4.90 Å². The lowest BCUT2D eigenvalue weighted by Gasteiger charge is -2.13. The highest BCUT2D eigenvalue weighted by molar-refractivity contribution is 8.18. The molecular weight excluding hydrogens is 458 g/mol. The Hall–Kier alpha value is -3.22. The molecule has 5 nitrogen and oxygen atoms in total. The number of nitrogens with zero attached hydrogens (tertiary/aromatic N) is 1. The van der Waals surface area contributed by atoms with Crippen molar-refractivity contribution in [1.82, 2.24) is 4.90 Å². The summed E-state index contributed by atoms with van der Waals surface area (Å²) in [5, 5.41) is 0.355.